The summed E-state index contributed by atoms with van der Waals surface area (Å²) in [6, 6.07) is 5.68. The summed E-state index contributed by atoms with van der Waals surface area (Å²) in [6.07, 6.45) is 1.67. The Bertz CT molecular complexity index is 546. The number of nitrogens with zero attached hydrogens (tertiary/aromatic N) is 1. The van der Waals surface area contributed by atoms with E-state index in [0.717, 1.165) is 22.2 Å². The summed E-state index contributed by atoms with van der Waals surface area (Å²) in [4.78, 5) is 4.18. The molecule has 0 radical (unpaired) electrons. The van der Waals surface area contributed by atoms with Crippen molar-refractivity contribution in [3.8, 4) is 5.75 Å². The fourth-order valence-corrected chi connectivity index (χ4v) is 1.42. The third-order valence-electron chi connectivity index (χ3n) is 2.08. The van der Waals surface area contributed by atoms with Gasteiger partial charge in [0.15, 0.2) is 0 Å². The molecule has 0 atom stereocenters. The molecule has 0 unspecified atom stereocenters. The van der Waals surface area contributed by atoms with Crippen LogP contribution in [0, 0.1) is 80.0 Å². The first kappa shape index (κ1) is 25.2. The van der Waals surface area contributed by atoms with Crippen molar-refractivity contribution in [3.05, 3.63) is 30.0 Å². The maximum absolute atomic E-state index is 9.01. The van der Waals surface area contributed by atoms with Crippen molar-refractivity contribution in [3.63, 3.8) is 0 Å². The van der Waals surface area contributed by atoms with Gasteiger partial charge in [0, 0.05) is 41.7 Å². The predicted molar refractivity (Wildman–Crippen MR) is 72.4 cm³/mol. The number of hydrogen-bond acceptors (Lipinski definition) is 5. The number of aromatic nitrogens is 1. The molecule has 0 aliphatic heterocycles. The molecule has 0 saturated carbocycles. The SMILES string of the molecule is CC(C)(C)O.COc1cccc2c(CO)c[n-]c12.[Ce].[O]=[Ce][O-]. The first-order chi connectivity index (χ1) is 9.78. The van der Waals surface area contributed by atoms with Gasteiger partial charge in [-0.3, -0.25) is 0 Å². The summed E-state index contributed by atoms with van der Waals surface area (Å²) in [7, 11) is 1.61. The molecule has 6 nitrogen and oxygen atoms in total. The van der Waals surface area contributed by atoms with Crippen molar-refractivity contribution in [2.24, 2.45) is 0 Å². The Morgan fingerprint density at radius 3 is 2.27 bits per heavy atom. The Kier molecular flexibility index (Phi) is 15.3. The average molecular weight is 563 g/mol. The van der Waals surface area contributed by atoms with Crippen LogP contribution in [-0.2, 0) is 7.54 Å². The van der Waals surface area contributed by atoms with Gasteiger partial charge < -0.3 is 19.9 Å². The Labute approximate surface area is 186 Å². The first-order valence-corrected chi connectivity index (χ1v) is 8.74. The molecule has 1 heterocycles. The van der Waals surface area contributed by atoms with Gasteiger partial charge in [-0.1, -0.05) is 17.6 Å². The van der Waals surface area contributed by atoms with Crippen LogP contribution in [0.5, 0.6) is 5.75 Å². The first-order valence-electron chi connectivity index (χ1n) is 6.18. The van der Waals surface area contributed by atoms with Crippen molar-refractivity contribution in [1.29, 1.82) is 0 Å². The summed E-state index contributed by atoms with van der Waals surface area (Å²) in [5, 5.41) is 18.5. The third-order valence-corrected chi connectivity index (χ3v) is 2.08. The number of fused-ring (bicyclic) bond motifs is 1. The van der Waals surface area contributed by atoms with E-state index in [-0.39, 0.29) is 48.4 Å². The molecule has 121 valence electrons. The molecular formula is C14H20Ce2NO5-2. The molecule has 0 aliphatic carbocycles. The number of benzene rings is 1. The quantitative estimate of drug-likeness (QED) is 0.561. The van der Waals surface area contributed by atoms with Gasteiger partial charge in [-0.05, 0) is 37.8 Å². The topological polar surface area (TPSA) is 104 Å². The Morgan fingerprint density at radius 1 is 1.36 bits per heavy atom. The fraction of sp³-hybridized carbons (Fsp3) is 0.429. The molecule has 8 heteroatoms. The van der Waals surface area contributed by atoms with E-state index in [0.29, 0.717) is 0 Å². The van der Waals surface area contributed by atoms with E-state index in [4.69, 9.17) is 17.2 Å². The second-order valence-electron chi connectivity index (χ2n) is 5.05. The summed E-state index contributed by atoms with van der Waals surface area (Å²) < 4.78 is 22.3. The van der Waals surface area contributed by atoms with E-state index < -0.39 is 43.9 Å². The van der Waals surface area contributed by atoms with E-state index in [2.05, 4.69) is 4.98 Å². The predicted octanol–water partition coefficient (Wildman–Crippen LogP) is 0.767. The number of aliphatic hydroxyl groups is 2. The van der Waals surface area contributed by atoms with Crippen molar-refractivity contribution < 1.29 is 97.2 Å². The van der Waals surface area contributed by atoms with Crippen LogP contribution in [0.15, 0.2) is 24.4 Å². The van der Waals surface area contributed by atoms with E-state index in [9.17, 15) is 0 Å². The zero-order valence-electron chi connectivity index (χ0n) is 13.1. The Hall–Kier alpha value is 0.993. The molecule has 2 N–H and O–H groups in total. The molecule has 0 aliphatic rings. The number of ether oxygens (including phenoxy) is 1. The van der Waals surface area contributed by atoms with E-state index >= 15 is 0 Å². The molecule has 2 rings (SSSR count). The molecule has 1 aromatic heterocycles. The van der Waals surface area contributed by atoms with Gasteiger partial charge in [0.2, 0.25) is 0 Å². The minimum atomic E-state index is -2.42. The number of hydrogen-bond donors (Lipinski definition) is 2. The molecule has 0 bridgehead atoms. The number of aliphatic hydroxyl groups excluding tert-OH is 1. The molecule has 0 spiro atoms. The zero-order valence-corrected chi connectivity index (χ0v) is 19.4. The van der Waals surface area contributed by atoms with Gasteiger partial charge in [-0.25, -0.2) is 0 Å². The summed E-state index contributed by atoms with van der Waals surface area (Å²) >= 11 is -2.42. The van der Waals surface area contributed by atoms with Crippen molar-refractivity contribution in [2.75, 3.05) is 7.11 Å². The van der Waals surface area contributed by atoms with Crippen molar-refractivity contribution >= 4 is 10.9 Å². The number of rotatable bonds is 2. The third kappa shape index (κ3) is 10.7. The van der Waals surface area contributed by atoms with Gasteiger partial charge in [0.25, 0.3) is 0 Å². The monoisotopic (exact) mass is 562 g/mol. The summed E-state index contributed by atoms with van der Waals surface area (Å²) in [5.74, 6) is 0.747. The number of methoxy groups -OCH3 is 1. The Balaban J connectivity index is 0. The van der Waals surface area contributed by atoms with Gasteiger partial charge in [0.05, 0.1) is 19.3 Å². The van der Waals surface area contributed by atoms with Crippen molar-refractivity contribution in [1.82, 2.24) is 4.98 Å². The molecule has 22 heavy (non-hydrogen) atoms. The molecule has 0 saturated heterocycles. The van der Waals surface area contributed by atoms with Crippen molar-refractivity contribution in [2.45, 2.75) is 33.0 Å². The van der Waals surface area contributed by atoms with Gasteiger partial charge in [-0.2, -0.15) is 6.20 Å². The van der Waals surface area contributed by atoms with Gasteiger partial charge in [0.1, 0.15) is 5.75 Å². The molecule has 0 fully saturated rings. The van der Waals surface area contributed by atoms with E-state index in [1.54, 1.807) is 34.1 Å². The normalized spacial score (nSPS) is 9.41. The second kappa shape index (κ2) is 13.3. The zero-order chi connectivity index (χ0) is 16.5. The van der Waals surface area contributed by atoms with Gasteiger partial charge in [-0.15, -0.1) is 0 Å². The number of para-hydroxylation sites is 1. The molecule has 2 aromatic rings. The fourth-order valence-electron chi connectivity index (χ4n) is 1.42. The minimum absolute atomic E-state index is 0. The Morgan fingerprint density at radius 2 is 1.86 bits per heavy atom. The summed E-state index contributed by atoms with van der Waals surface area (Å²) in [6.45, 7) is 5.25. The van der Waals surface area contributed by atoms with Gasteiger partial charge >= 0.3 is 40.5 Å². The van der Waals surface area contributed by atoms with Crippen LogP contribution >= 0.6 is 0 Å². The maximum atomic E-state index is 9.01. The molecular weight excluding hydrogens is 542 g/mol. The van der Waals surface area contributed by atoms with E-state index in [1.165, 1.54) is 0 Å². The molecule has 1 aromatic carbocycles. The van der Waals surface area contributed by atoms with E-state index in [1.807, 2.05) is 18.2 Å². The van der Waals surface area contributed by atoms with Crippen LogP contribution in [0.2, 0.25) is 0 Å². The second-order valence-corrected chi connectivity index (χ2v) is 5.58. The standard InChI is InChI=1S/C10H10NO2.C4H10O.2Ce.2O/c1-13-9-4-2-3-8-7(6-12)5-11-10(8)9;1-4(2,3)5;;;;/h2-5,12H,6H2,1H3;5H,1-3H3;;;;/q-1;;;;;-1. The summed E-state index contributed by atoms with van der Waals surface area (Å²) in [5.41, 5.74) is 1.16. The van der Waals surface area contributed by atoms with Crippen LogP contribution < -0.4 is 11.0 Å². The van der Waals surface area contributed by atoms with Crippen LogP contribution in [0.4, 0.5) is 0 Å². The van der Waals surface area contributed by atoms with Crippen LogP contribution in [0.25, 0.3) is 10.9 Å². The van der Waals surface area contributed by atoms with Crippen LogP contribution in [-0.4, -0.2) is 22.9 Å². The van der Waals surface area contributed by atoms with Crippen LogP contribution in [0.1, 0.15) is 26.3 Å². The van der Waals surface area contributed by atoms with Crippen LogP contribution in [0.3, 0.4) is 0 Å². The molecule has 0 amide bonds. The average Bonchev–Trinajstić information content (AvgIpc) is 2.80.